The van der Waals surface area contributed by atoms with E-state index in [1.165, 1.54) is 0 Å². The van der Waals surface area contributed by atoms with Crippen molar-refractivity contribution in [3.05, 3.63) is 0 Å². The van der Waals surface area contributed by atoms with Gasteiger partial charge in [-0.2, -0.15) is 0 Å². The number of aliphatic carboxylic acids is 3. The number of carboxylic acid groups (broad SMARTS) is 3. The molecule has 7 nitrogen and oxygen atoms in total. The van der Waals surface area contributed by atoms with E-state index in [0.717, 1.165) is 13.8 Å². The Kier molecular flexibility index (Phi) is 29.5. The molecule has 0 saturated heterocycles. The van der Waals surface area contributed by atoms with Crippen molar-refractivity contribution in [1.82, 2.24) is 0 Å². The Balaban J connectivity index is -0.0000000522. The van der Waals surface area contributed by atoms with Crippen LogP contribution < -0.4 is 5.73 Å². The van der Waals surface area contributed by atoms with Crippen LogP contribution in [0.3, 0.4) is 0 Å². The van der Waals surface area contributed by atoms with Crippen molar-refractivity contribution in [3.8, 4) is 0 Å². The molecular weight excluding hydrogens is 189 g/mol. The van der Waals surface area contributed by atoms with Crippen LogP contribution in [0.4, 0.5) is 0 Å². The fraction of sp³-hybridized carbons (Fsp3) is 0.500. The van der Waals surface area contributed by atoms with Crippen LogP contribution >= 0.6 is 0 Å². The summed E-state index contributed by atoms with van der Waals surface area (Å²) in [5, 5.41) is 22.4. The number of hydrogen-bond acceptors (Lipinski definition) is 4. The van der Waals surface area contributed by atoms with Gasteiger partial charge >= 0.3 is 24.8 Å². The summed E-state index contributed by atoms with van der Waals surface area (Å²) in [7, 11) is 0. The SMILES string of the molecule is CC(=O)O.CC(=O)O.NCC(=O)O.[LiH]. The molecule has 0 aromatic heterocycles. The second kappa shape index (κ2) is 17.9. The second-order valence-corrected chi connectivity index (χ2v) is 1.64. The van der Waals surface area contributed by atoms with Gasteiger partial charge in [-0.1, -0.05) is 0 Å². The zero-order valence-electron chi connectivity index (χ0n) is 7.35. The van der Waals surface area contributed by atoms with E-state index in [0.29, 0.717) is 0 Å². The molecule has 0 fully saturated rings. The Morgan fingerprint density at radius 3 is 1.07 bits per heavy atom. The van der Waals surface area contributed by atoms with E-state index in [-0.39, 0.29) is 25.4 Å². The number of carbonyl (C=O) groups is 3. The van der Waals surface area contributed by atoms with Crippen LogP contribution in [-0.4, -0.2) is 58.6 Å². The van der Waals surface area contributed by atoms with Gasteiger partial charge in [0.1, 0.15) is 0 Å². The van der Waals surface area contributed by atoms with E-state index in [9.17, 15) is 4.79 Å². The van der Waals surface area contributed by atoms with Gasteiger partial charge in [0.2, 0.25) is 0 Å². The van der Waals surface area contributed by atoms with Crippen molar-refractivity contribution >= 4 is 36.8 Å². The normalized spacial score (nSPS) is 6.21. The molecule has 0 unspecified atom stereocenters. The first-order valence-electron chi connectivity index (χ1n) is 3.04. The summed E-state index contributed by atoms with van der Waals surface area (Å²) in [6, 6.07) is 0. The molecule has 0 bridgehead atoms. The van der Waals surface area contributed by atoms with Crippen molar-refractivity contribution in [2.24, 2.45) is 5.73 Å². The predicted molar refractivity (Wildman–Crippen MR) is 50.5 cm³/mol. The summed E-state index contributed by atoms with van der Waals surface area (Å²) in [6.45, 7) is 1.89. The number of carboxylic acids is 3. The van der Waals surface area contributed by atoms with Crippen LogP contribution in [0, 0.1) is 0 Å². The van der Waals surface area contributed by atoms with Gasteiger partial charge < -0.3 is 21.1 Å². The molecule has 0 aliphatic heterocycles. The van der Waals surface area contributed by atoms with Gasteiger partial charge in [0, 0.05) is 13.8 Å². The van der Waals surface area contributed by atoms with Gasteiger partial charge in [0.25, 0.3) is 11.9 Å². The van der Waals surface area contributed by atoms with Crippen LogP contribution in [0.5, 0.6) is 0 Å². The van der Waals surface area contributed by atoms with E-state index >= 15 is 0 Å². The molecule has 80 valence electrons. The summed E-state index contributed by atoms with van der Waals surface area (Å²) in [5.74, 6) is -2.63. The Bertz CT molecular complexity index is 152. The molecule has 0 aromatic carbocycles. The monoisotopic (exact) mass is 203 g/mol. The van der Waals surface area contributed by atoms with Crippen LogP contribution in [0.25, 0.3) is 0 Å². The summed E-state index contributed by atoms with van der Waals surface area (Å²) >= 11 is 0. The van der Waals surface area contributed by atoms with E-state index in [1.807, 2.05) is 0 Å². The van der Waals surface area contributed by atoms with Gasteiger partial charge in [-0.25, -0.2) is 0 Å². The molecule has 0 atom stereocenters. The van der Waals surface area contributed by atoms with Crippen LogP contribution in [0.2, 0.25) is 0 Å². The van der Waals surface area contributed by atoms with Crippen molar-refractivity contribution < 1.29 is 29.7 Å². The minimum absolute atomic E-state index is 0. The van der Waals surface area contributed by atoms with Crippen molar-refractivity contribution in [3.63, 3.8) is 0 Å². The van der Waals surface area contributed by atoms with Crippen LogP contribution in [0.15, 0.2) is 0 Å². The number of nitrogens with two attached hydrogens (primary N) is 1. The average Bonchev–Trinajstić information content (AvgIpc) is 1.84. The van der Waals surface area contributed by atoms with E-state index < -0.39 is 17.9 Å². The quantitative estimate of drug-likeness (QED) is 0.383. The van der Waals surface area contributed by atoms with Crippen molar-refractivity contribution in [1.29, 1.82) is 0 Å². The molecule has 0 aromatic rings. The van der Waals surface area contributed by atoms with Crippen molar-refractivity contribution in [2.75, 3.05) is 6.54 Å². The third kappa shape index (κ3) is 1160. The first-order chi connectivity index (χ1) is 5.73. The molecule has 14 heavy (non-hydrogen) atoms. The fourth-order valence-electron chi connectivity index (χ4n) is 0. The van der Waals surface area contributed by atoms with E-state index in [1.54, 1.807) is 0 Å². The molecule has 0 saturated carbocycles. The maximum atomic E-state index is 9.24. The summed E-state index contributed by atoms with van der Waals surface area (Å²) in [5.41, 5.74) is 4.57. The van der Waals surface area contributed by atoms with E-state index in [4.69, 9.17) is 24.9 Å². The Labute approximate surface area is 93.1 Å². The molecule has 0 amide bonds. The number of rotatable bonds is 1. The Hall–Kier alpha value is -1.03. The van der Waals surface area contributed by atoms with Gasteiger partial charge in [0.05, 0.1) is 6.54 Å². The summed E-state index contributed by atoms with van der Waals surface area (Å²) in [6.07, 6.45) is 0. The molecule has 0 heterocycles. The topological polar surface area (TPSA) is 138 Å². The van der Waals surface area contributed by atoms with Gasteiger partial charge in [-0.05, 0) is 0 Å². The Morgan fingerprint density at radius 2 is 1.07 bits per heavy atom. The number of hydrogen-bond donors (Lipinski definition) is 4. The zero-order chi connectivity index (χ0) is 11.4. The third-order valence-electron chi connectivity index (χ3n) is 0.175. The zero-order valence-corrected chi connectivity index (χ0v) is 7.35. The molecule has 0 radical (unpaired) electrons. The Morgan fingerprint density at radius 1 is 1.00 bits per heavy atom. The van der Waals surface area contributed by atoms with Gasteiger partial charge in [-0.15, -0.1) is 0 Å². The minimum atomic E-state index is -0.968. The summed E-state index contributed by atoms with van der Waals surface area (Å²) < 4.78 is 0. The van der Waals surface area contributed by atoms with Crippen LogP contribution in [0.1, 0.15) is 13.8 Å². The van der Waals surface area contributed by atoms with E-state index in [2.05, 4.69) is 5.73 Å². The molecule has 8 heteroatoms. The predicted octanol–water partition coefficient (Wildman–Crippen LogP) is -1.44. The first-order valence-corrected chi connectivity index (χ1v) is 3.04. The maximum absolute atomic E-state index is 9.24. The molecular formula is C6H14LiNO6. The van der Waals surface area contributed by atoms with Gasteiger partial charge in [-0.3, -0.25) is 14.4 Å². The first kappa shape index (κ1) is 23.1. The molecule has 5 N–H and O–H groups in total. The third-order valence-corrected chi connectivity index (χ3v) is 0.175. The molecule has 0 spiro atoms. The molecule has 0 rings (SSSR count). The summed E-state index contributed by atoms with van der Waals surface area (Å²) in [4.78, 5) is 27.2. The average molecular weight is 203 g/mol. The molecule has 0 aliphatic rings. The standard InChI is InChI=1S/C2H5NO2.2C2H4O2.Li.H/c3-1-2(4)5;2*1-2(3)4;;/h1,3H2,(H,4,5);2*1H3,(H,3,4);;. The molecule has 0 aliphatic carbocycles. The van der Waals surface area contributed by atoms with Crippen molar-refractivity contribution in [2.45, 2.75) is 13.8 Å². The van der Waals surface area contributed by atoms with Crippen LogP contribution in [-0.2, 0) is 14.4 Å². The fourth-order valence-corrected chi connectivity index (χ4v) is 0. The second-order valence-electron chi connectivity index (χ2n) is 1.64. The van der Waals surface area contributed by atoms with Gasteiger partial charge in [0.15, 0.2) is 0 Å².